The van der Waals surface area contributed by atoms with Crippen molar-refractivity contribution >= 4 is 40.5 Å². The fourth-order valence-corrected chi connectivity index (χ4v) is 3.51. The molecule has 7 heteroatoms. The molecule has 0 aliphatic carbocycles. The van der Waals surface area contributed by atoms with Gasteiger partial charge in [0.15, 0.2) is 5.11 Å². The van der Waals surface area contributed by atoms with Crippen LogP contribution in [-0.2, 0) is 4.79 Å². The molecule has 2 aromatic rings. The van der Waals surface area contributed by atoms with Gasteiger partial charge in [0.25, 0.3) is 5.91 Å². The van der Waals surface area contributed by atoms with Crippen LogP contribution in [-0.4, -0.2) is 18.1 Å². The highest BCUT2D eigenvalue weighted by molar-refractivity contribution is 7.80. The minimum absolute atomic E-state index is 0.240. The lowest BCUT2D eigenvalue weighted by molar-refractivity contribution is -0.113. The summed E-state index contributed by atoms with van der Waals surface area (Å²) < 4.78 is 5.47. The second-order valence-electron chi connectivity index (χ2n) is 6.18. The Balaban J connectivity index is 2.01. The molecule has 140 valence electrons. The molecule has 5 nitrogen and oxygen atoms in total. The second-order valence-corrected chi connectivity index (χ2v) is 6.99. The largest absolute Gasteiger partial charge is 0.496 e. The first kappa shape index (κ1) is 19.2. The molecule has 2 aromatic carbocycles. The zero-order chi connectivity index (χ0) is 19.6. The van der Waals surface area contributed by atoms with Crippen LogP contribution in [0.1, 0.15) is 24.1 Å². The van der Waals surface area contributed by atoms with Gasteiger partial charge in [-0.15, -0.1) is 0 Å². The Bertz CT molecular complexity index is 943. The van der Waals surface area contributed by atoms with Crippen LogP contribution in [0, 0.1) is 6.92 Å². The molecule has 0 saturated carbocycles. The van der Waals surface area contributed by atoms with Gasteiger partial charge in [-0.05, 0) is 49.8 Å². The number of halogens is 1. The van der Waals surface area contributed by atoms with E-state index in [1.54, 1.807) is 19.2 Å². The third-order valence-corrected chi connectivity index (χ3v) is 5.11. The van der Waals surface area contributed by atoms with Crippen molar-refractivity contribution in [2.45, 2.75) is 19.9 Å². The molecule has 1 atom stereocenters. The molecule has 27 heavy (non-hydrogen) atoms. The topological polar surface area (TPSA) is 62.4 Å². The van der Waals surface area contributed by atoms with E-state index < -0.39 is 6.04 Å². The maximum Gasteiger partial charge on any atom is 0.255 e. The summed E-state index contributed by atoms with van der Waals surface area (Å²) >= 11 is 11.5. The summed E-state index contributed by atoms with van der Waals surface area (Å²) in [6, 6.07) is 12.5. The molecule has 1 amide bonds. The predicted octanol–water partition coefficient (Wildman–Crippen LogP) is 4.09. The van der Waals surface area contributed by atoms with Crippen molar-refractivity contribution in [1.29, 1.82) is 0 Å². The quantitative estimate of drug-likeness (QED) is 0.673. The fraction of sp³-hybridized carbons (Fsp3) is 0.200. The van der Waals surface area contributed by atoms with Crippen LogP contribution in [0.3, 0.4) is 0 Å². The number of methoxy groups -OCH3 is 1. The van der Waals surface area contributed by atoms with Gasteiger partial charge in [0, 0.05) is 22.0 Å². The Morgan fingerprint density at radius 3 is 2.67 bits per heavy atom. The van der Waals surface area contributed by atoms with Crippen molar-refractivity contribution in [1.82, 2.24) is 10.6 Å². The minimum atomic E-state index is -0.436. The Morgan fingerprint density at radius 2 is 1.93 bits per heavy atom. The summed E-state index contributed by atoms with van der Waals surface area (Å²) in [5, 5.41) is 10.2. The van der Waals surface area contributed by atoms with Crippen LogP contribution in [0.2, 0.25) is 5.02 Å². The lowest BCUT2D eigenvalue weighted by Gasteiger charge is -2.31. The van der Waals surface area contributed by atoms with Gasteiger partial charge in [0.2, 0.25) is 0 Å². The summed E-state index contributed by atoms with van der Waals surface area (Å²) in [5.41, 5.74) is 3.53. The fourth-order valence-electron chi connectivity index (χ4n) is 3.07. The monoisotopic (exact) mass is 401 g/mol. The summed E-state index contributed by atoms with van der Waals surface area (Å²) in [4.78, 5) is 13.2. The van der Waals surface area contributed by atoms with Gasteiger partial charge in [-0.25, -0.2) is 0 Å². The Morgan fingerprint density at radius 1 is 1.19 bits per heavy atom. The molecule has 3 N–H and O–H groups in total. The van der Waals surface area contributed by atoms with Crippen LogP contribution in [0.15, 0.2) is 53.7 Å². The molecule has 1 aliphatic heterocycles. The molecule has 0 spiro atoms. The molecule has 1 unspecified atom stereocenters. The number of hydrogen-bond acceptors (Lipinski definition) is 3. The van der Waals surface area contributed by atoms with Crippen LogP contribution < -0.4 is 20.7 Å². The number of para-hydroxylation sites is 1. The molecule has 1 heterocycles. The van der Waals surface area contributed by atoms with Gasteiger partial charge < -0.3 is 20.7 Å². The highest BCUT2D eigenvalue weighted by Gasteiger charge is 2.31. The first-order chi connectivity index (χ1) is 12.9. The number of benzene rings is 2. The predicted molar refractivity (Wildman–Crippen MR) is 112 cm³/mol. The number of hydrogen-bond donors (Lipinski definition) is 3. The van der Waals surface area contributed by atoms with Gasteiger partial charge in [0.05, 0.1) is 18.7 Å². The molecule has 0 saturated heterocycles. The number of allylic oxidation sites excluding steroid dienone is 1. The van der Waals surface area contributed by atoms with Gasteiger partial charge >= 0.3 is 0 Å². The van der Waals surface area contributed by atoms with Crippen molar-refractivity contribution in [3.63, 3.8) is 0 Å². The Labute approximate surface area is 168 Å². The molecule has 0 bridgehead atoms. The van der Waals surface area contributed by atoms with Crippen LogP contribution in [0.5, 0.6) is 5.75 Å². The maximum absolute atomic E-state index is 13.2. The summed E-state index contributed by atoms with van der Waals surface area (Å²) in [6.07, 6.45) is 0. The van der Waals surface area contributed by atoms with Crippen LogP contribution in [0.4, 0.5) is 5.69 Å². The standard InChI is InChI=1S/C20H20ClN3O2S/c1-11-14(21)8-6-9-15(11)23-19(25)17-12(2)22-20(27)24-18(17)13-7-4-5-10-16(13)26-3/h4-10,18H,1-3H3,(H,23,25)(H2,22,24,27). The SMILES string of the molecule is COc1ccccc1C1NC(=S)NC(C)=C1C(=O)Nc1cccc(Cl)c1C. The van der Waals surface area contributed by atoms with Gasteiger partial charge in [-0.3, -0.25) is 4.79 Å². The smallest absolute Gasteiger partial charge is 0.255 e. The van der Waals surface area contributed by atoms with Gasteiger partial charge in [0.1, 0.15) is 5.75 Å². The van der Waals surface area contributed by atoms with Crippen molar-refractivity contribution < 1.29 is 9.53 Å². The highest BCUT2D eigenvalue weighted by Crippen LogP contribution is 2.34. The van der Waals surface area contributed by atoms with E-state index in [0.717, 1.165) is 11.1 Å². The van der Waals surface area contributed by atoms with Crippen LogP contribution >= 0.6 is 23.8 Å². The molecule has 0 aromatic heterocycles. The number of carbonyl (C=O) groups is 1. The maximum atomic E-state index is 13.2. The molecule has 1 aliphatic rings. The van der Waals surface area contributed by atoms with Gasteiger partial charge in [-0.1, -0.05) is 35.9 Å². The minimum Gasteiger partial charge on any atom is -0.496 e. The van der Waals surface area contributed by atoms with E-state index >= 15 is 0 Å². The highest BCUT2D eigenvalue weighted by atomic mass is 35.5. The van der Waals surface area contributed by atoms with E-state index in [-0.39, 0.29) is 5.91 Å². The van der Waals surface area contributed by atoms with E-state index in [1.807, 2.05) is 44.2 Å². The molecular formula is C20H20ClN3O2S. The average molecular weight is 402 g/mol. The van der Waals surface area contributed by atoms with E-state index in [4.69, 9.17) is 28.6 Å². The summed E-state index contributed by atoms with van der Waals surface area (Å²) in [6.45, 7) is 3.69. The lowest BCUT2D eigenvalue weighted by atomic mass is 9.94. The van der Waals surface area contributed by atoms with E-state index in [0.29, 0.717) is 32.8 Å². The Hall–Kier alpha value is -2.57. The van der Waals surface area contributed by atoms with E-state index in [9.17, 15) is 4.79 Å². The van der Waals surface area contributed by atoms with E-state index in [1.165, 1.54) is 0 Å². The zero-order valence-corrected chi connectivity index (χ0v) is 16.8. The number of carbonyl (C=O) groups excluding carboxylic acids is 1. The third-order valence-electron chi connectivity index (χ3n) is 4.48. The molecule has 0 radical (unpaired) electrons. The number of nitrogens with one attached hydrogen (secondary N) is 3. The van der Waals surface area contributed by atoms with Crippen molar-refractivity contribution in [3.05, 3.63) is 69.9 Å². The number of anilines is 1. The third kappa shape index (κ3) is 3.91. The number of thiocarbonyl (C=S) groups is 1. The molecule has 0 fully saturated rings. The summed E-state index contributed by atoms with van der Waals surface area (Å²) in [5.74, 6) is 0.438. The number of ether oxygens (including phenoxy) is 1. The van der Waals surface area contributed by atoms with E-state index in [2.05, 4.69) is 16.0 Å². The Kier molecular flexibility index (Phi) is 5.68. The number of rotatable bonds is 4. The first-order valence-corrected chi connectivity index (χ1v) is 9.18. The molecular weight excluding hydrogens is 382 g/mol. The zero-order valence-electron chi connectivity index (χ0n) is 15.2. The van der Waals surface area contributed by atoms with Crippen molar-refractivity contribution in [2.24, 2.45) is 0 Å². The lowest BCUT2D eigenvalue weighted by Crippen LogP contribution is -2.45. The van der Waals surface area contributed by atoms with Crippen molar-refractivity contribution in [2.75, 3.05) is 12.4 Å². The first-order valence-electron chi connectivity index (χ1n) is 8.40. The van der Waals surface area contributed by atoms with Crippen molar-refractivity contribution in [3.8, 4) is 5.75 Å². The summed E-state index contributed by atoms with van der Waals surface area (Å²) in [7, 11) is 1.60. The number of amides is 1. The second kappa shape index (κ2) is 7.98. The van der Waals surface area contributed by atoms with Crippen LogP contribution in [0.25, 0.3) is 0 Å². The normalized spacial score (nSPS) is 16.4. The van der Waals surface area contributed by atoms with Gasteiger partial charge in [-0.2, -0.15) is 0 Å². The average Bonchev–Trinajstić information content (AvgIpc) is 2.64. The molecule has 3 rings (SSSR count).